The van der Waals surface area contributed by atoms with Gasteiger partial charge in [-0.3, -0.25) is 5.10 Å². The molecular formula is C16H21N3. The maximum atomic E-state index is 6.09. The Morgan fingerprint density at radius 3 is 2.63 bits per heavy atom. The molecule has 2 aromatic rings. The van der Waals surface area contributed by atoms with Crippen LogP contribution < -0.4 is 5.73 Å². The molecule has 1 aliphatic rings. The Balaban J connectivity index is 2.09. The lowest BCUT2D eigenvalue weighted by molar-refractivity contribution is 0.328. The number of nitrogens with one attached hydrogen (secondary N) is 1. The standard InChI is InChI=1S/C16H21N3/c1-16(2)10-6-9-12(16)14-13(15(17)19-18-14)11-7-4-3-5-8-11/h3-5,7-8,12H,6,9-10H2,1-2H3,(H3,17,18,19). The van der Waals surface area contributed by atoms with Crippen LogP contribution in [0.2, 0.25) is 0 Å². The minimum atomic E-state index is 0.322. The Labute approximate surface area is 114 Å². The van der Waals surface area contributed by atoms with Crippen LogP contribution in [0.4, 0.5) is 5.82 Å². The number of nitrogens with zero attached hydrogens (tertiary/aromatic N) is 1. The molecule has 1 atom stereocenters. The predicted octanol–water partition coefficient (Wildman–Crippen LogP) is 3.95. The van der Waals surface area contributed by atoms with Gasteiger partial charge in [0.1, 0.15) is 0 Å². The number of nitrogen functional groups attached to an aromatic ring is 1. The Morgan fingerprint density at radius 2 is 2.00 bits per heavy atom. The van der Waals surface area contributed by atoms with Gasteiger partial charge in [0.15, 0.2) is 5.82 Å². The summed E-state index contributed by atoms with van der Waals surface area (Å²) >= 11 is 0. The number of H-pyrrole nitrogens is 1. The second-order valence-electron chi connectivity index (χ2n) is 6.20. The third kappa shape index (κ3) is 2.03. The summed E-state index contributed by atoms with van der Waals surface area (Å²) in [5.41, 5.74) is 9.88. The highest BCUT2D eigenvalue weighted by molar-refractivity contribution is 5.76. The number of aromatic nitrogens is 2. The monoisotopic (exact) mass is 255 g/mol. The van der Waals surface area contributed by atoms with Crippen molar-refractivity contribution in [2.45, 2.75) is 39.0 Å². The second kappa shape index (κ2) is 4.41. The molecule has 0 bridgehead atoms. The van der Waals surface area contributed by atoms with E-state index in [0.29, 0.717) is 17.2 Å². The van der Waals surface area contributed by atoms with Crippen LogP contribution in [0.1, 0.15) is 44.7 Å². The number of nitrogens with two attached hydrogens (primary N) is 1. The first kappa shape index (κ1) is 12.3. The summed E-state index contributed by atoms with van der Waals surface area (Å²) < 4.78 is 0. The van der Waals surface area contributed by atoms with E-state index in [1.165, 1.54) is 25.0 Å². The fourth-order valence-corrected chi connectivity index (χ4v) is 3.39. The third-order valence-corrected chi connectivity index (χ3v) is 4.49. The van der Waals surface area contributed by atoms with E-state index in [1.807, 2.05) is 18.2 Å². The smallest absolute Gasteiger partial charge is 0.153 e. The van der Waals surface area contributed by atoms with E-state index in [9.17, 15) is 0 Å². The lowest BCUT2D eigenvalue weighted by Crippen LogP contribution is -2.16. The Morgan fingerprint density at radius 1 is 1.26 bits per heavy atom. The zero-order valence-electron chi connectivity index (χ0n) is 11.6. The summed E-state index contributed by atoms with van der Waals surface area (Å²) in [6, 6.07) is 10.3. The summed E-state index contributed by atoms with van der Waals surface area (Å²) in [6.07, 6.45) is 3.77. The molecule has 100 valence electrons. The fourth-order valence-electron chi connectivity index (χ4n) is 3.39. The molecule has 1 saturated carbocycles. The molecule has 1 aromatic carbocycles. The van der Waals surface area contributed by atoms with E-state index in [-0.39, 0.29) is 0 Å². The van der Waals surface area contributed by atoms with Gasteiger partial charge in [0, 0.05) is 17.2 Å². The van der Waals surface area contributed by atoms with Crippen molar-refractivity contribution in [1.82, 2.24) is 10.2 Å². The lowest BCUT2D eigenvalue weighted by Gasteiger charge is -2.27. The molecule has 0 aliphatic heterocycles. The SMILES string of the molecule is CC1(C)CCCC1c1[nH]nc(N)c1-c1ccccc1. The van der Waals surface area contributed by atoms with Gasteiger partial charge < -0.3 is 5.73 Å². The van der Waals surface area contributed by atoms with Crippen LogP contribution in [0.3, 0.4) is 0 Å². The van der Waals surface area contributed by atoms with Crippen molar-refractivity contribution in [3.05, 3.63) is 36.0 Å². The van der Waals surface area contributed by atoms with Gasteiger partial charge in [0.2, 0.25) is 0 Å². The van der Waals surface area contributed by atoms with Gasteiger partial charge in [-0.2, -0.15) is 5.10 Å². The summed E-state index contributed by atoms with van der Waals surface area (Å²) in [5, 5.41) is 7.45. The van der Waals surface area contributed by atoms with Gasteiger partial charge >= 0.3 is 0 Å². The van der Waals surface area contributed by atoms with E-state index >= 15 is 0 Å². The zero-order chi connectivity index (χ0) is 13.5. The van der Waals surface area contributed by atoms with Crippen LogP contribution in [0.15, 0.2) is 30.3 Å². The number of anilines is 1. The molecule has 19 heavy (non-hydrogen) atoms. The quantitative estimate of drug-likeness (QED) is 0.853. The number of hydrogen-bond donors (Lipinski definition) is 2. The Hall–Kier alpha value is -1.77. The average molecular weight is 255 g/mol. The maximum Gasteiger partial charge on any atom is 0.153 e. The largest absolute Gasteiger partial charge is 0.382 e. The topological polar surface area (TPSA) is 54.7 Å². The highest BCUT2D eigenvalue weighted by atomic mass is 15.2. The molecule has 1 unspecified atom stereocenters. The minimum Gasteiger partial charge on any atom is -0.382 e. The first-order valence-electron chi connectivity index (χ1n) is 6.99. The Kier molecular flexibility index (Phi) is 2.85. The molecule has 3 N–H and O–H groups in total. The van der Waals surface area contributed by atoms with Crippen molar-refractivity contribution in [2.75, 3.05) is 5.73 Å². The van der Waals surface area contributed by atoms with E-state index < -0.39 is 0 Å². The normalized spacial score (nSPS) is 21.7. The zero-order valence-corrected chi connectivity index (χ0v) is 11.6. The molecule has 3 nitrogen and oxygen atoms in total. The van der Waals surface area contributed by atoms with Gasteiger partial charge in [0.25, 0.3) is 0 Å². The molecule has 0 radical (unpaired) electrons. The van der Waals surface area contributed by atoms with Crippen molar-refractivity contribution >= 4 is 5.82 Å². The number of benzene rings is 1. The van der Waals surface area contributed by atoms with Crippen molar-refractivity contribution in [2.24, 2.45) is 5.41 Å². The van der Waals surface area contributed by atoms with Crippen LogP contribution >= 0.6 is 0 Å². The first-order chi connectivity index (χ1) is 9.09. The third-order valence-electron chi connectivity index (χ3n) is 4.49. The highest BCUT2D eigenvalue weighted by Gasteiger charge is 2.38. The van der Waals surface area contributed by atoms with Crippen LogP contribution in [0, 0.1) is 5.41 Å². The van der Waals surface area contributed by atoms with E-state index in [2.05, 4.69) is 36.2 Å². The molecule has 1 fully saturated rings. The molecule has 1 aromatic heterocycles. The van der Waals surface area contributed by atoms with Gasteiger partial charge in [0.05, 0.1) is 0 Å². The molecule has 0 saturated heterocycles. The number of rotatable bonds is 2. The molecule has 3 rings (SSSR count). The van der Waals surface area contributed by atoms with Crippen molar-refractivity contribution < 1.29 is 0 Å². The summed E-state index contributed by atoms with van der Waals surface area (Å²) in [5.74, 6) is 1.14. The fraction of sp³-hybridized carbons (Fsp3) is 0.438. The first-order valence-corrected chi connectivity index (χ1v) is 6.99. The van der Waals surface area contributed by atoms with Crippen LogP contribution in [-0.2, 0) is 0 Å². The molecule has 1 heterocycles. The van der Waals surface area contributed by atoms with Gasteiger partial charge in [-0.15, -0.1) is 0 Å². The number of aromatic amines is 1. The molecule has 1 aliphatic carbocycles. The molecule has 3 heteroatoms. The number of hydrogen-bond acceptors (Lipinski definition) is 2. The second-order valence-corrected chi connectivity index (χ2v) is 6.20. The maximum absolute atomic E-state index is 6.09. The minimum absolute atomic E-state index is 0.322. The van der Waals surface area contributed by atoms with Gasteiger partial charge in [-0.25, -0.2) is 0 Å². The Bertz CT molecular complexity index is 569. The van der Waals surface area contributed by atoms with Crippen LogP contribution in [0.5, 0.6) is 0 Å². The predicted molar refractivity (Wildman–Crippen MR) is 78.8 cm³/mol. The van der Waals surface area contributed by atoms with Crippen LogP contribution in [0.25, 0.3) is 11.1 Å². The summed E-state index contributed by atoms with van der Waals surface area (Å²) in [4.78, 5) is 0. The molecular weight excluding hydrogens is 234 g/mol. The van der Waals surface area contributed by atoms with Crippen molar-refractivity contribution in [3.8, 4) is 11.1 Å². The van der Waals surface area contributed by atoms with Crippen molar-refractivity contribution in [1.29, 1.82) is 0 Å². The van der Waals surface area contributed by atoms with Crippen molar-refractivity contribution in [3.63, 3.8) is 0 Å². The van der Waals surface area contributed by atoms with E-state index in [0.717, 1.165) is 11.1 Å². The average Bonchev–Trinajstić information content (AvgIpc) is 2.92. The van der Waals surface area contributed by atoms with E-state index in [1.54, 1.807) is 0 Å². The summed E-state index contributed by atoms with van der Waals surface area (Å²) in [6.45, 7) is 4.69. The van der Waals surface area contributed by atoms with E-state index in [4.69, 9.17) is 5.73 Å². The lowest BCUT2D eigenvalue weighted by atomic mass is 9.78. The molecule has 0 amide bonds. The van der Waals surface area contributed by atoms with Crippen LogP contribution in [-0.4, -0.2) is 10.2 Å². The highest BCUT2D eigenvalue weighted by Crippen LogP contribution is 2.51. The van der Waals surface area contributed by atoms with Gasteiger partial charge in [-0.05, 0) is 23.8 Å². The summed E-state index contributed by atoms with van der Waals surface area (Å²) in [7, 11) is 0. The molecule has 0 spiro atoms. The van der Waals surface area contributed by atoms with Gasteiger partial charge in [-0.1, -0.05) is 50.6 Å².